The highest BCUT2D eigenvalue weighted by atomic mass is 35.5. The second-order valence-electron chi connectivity index (χ2n) is 10.0. The quantitative estimate of drug-likeness (QED) is 0.478. The normalized spacial score (nSPS) is 19.1. The summed E-state index contributed by atoms with van der Waals surface area (Å²) in [5.74, 6) is 0.810. The number of carboxylic acid groups (broad SMARTS) is 1. The van der Waals surface area contributed by atoms with Crippen molar-refractivity contribution in [2.24, 2.45) is 0 Å². The van der Waals surface area contributed by atoms with E-state index in [0.29, 0.717) is 23.3 Å². The average Bonchev–Trinajstić information content (AvgIpc) is 3.10. The van der Waals surface area contributed by atoms with Crippen molar-refractivity contribution in [3.63, 3.8) is 0 Å². The van der Waals surface area contributed by atoms with E-state index in [2.05, 4.69) is 40.4 Å². The molecule has 2 aliphatic heterocycles. The predicted octanol–water partition coefficient (Wildman–Crippen LogP) is 5.06. The van der Waals surface area contributed by atoms with Crippen molar-refractivity contribution < 1.29 is 14.6 Å². The summed E-state index contributed by atoms with van der Waals surface area (Å²) in [6.45, 7) is 6.32. The molecule has 3 heterocycles. The molecule has 2 N–H and O–H groups in total. The van der Waals surface area contributed by atoms with Crippen LogP contribution >= 0.6 is 11.6 Å². The number of likely N-dealkylation sites (N-methyl/N-ethyl adjacent to an activating group) is 1. The third-order valence-electron chi connectivity index (χ3n) is 7.09. The minimum absolute atomic E-state index is 0.00847. The van der Waals surface area contributed by atoms with Crippen LogP contribution in [0.25, 0.3) is 0 Å². The highest BCUT2D eigenvalue weighted by Crippen LogP contribution is 2.47. The second kappa shape index (κ2) is 9.26. The van der Waals surface area contributed by atoms with Gasteiger partial charge in [-0.3, -0.25) is 4.79 Å². The van der Waals surface area contributed by atoms with E-state index in [-0.39, 0.29) is 6.42 Å². The van der Waals surface area contributed by atoms with Gasteiger partial charge in [-0.25, -0.2) is 4.98 Å². The lowest BCUT2D eigenvalue weighted by molar-refractivity contribution is -0.138. The Morgan fingerprint density at radius 2 is 2.08 bits per heavy atom. The molecule has 0 amide bonds. The number of carboxylic acids is 1. The predicted molar refractivity (Wildman–Crippen MR) is 141 cm³/mol. The Bertz CT molecular complexity index is 1350. The Morgan fingerprint density at radius 1 is 1.28 bits per heavy atom. The molecule has 2 aromatic carbocycles. The van der Waals surface area contributed by atoms with Gasteiger partial charge in [0.15, 0.2) is 5.82 Å². The number of aryl methyl sites for hydroxylation is 1. The molecule has 5 rings (SSSR count). The molecular formula is C27H30ClN5O3. The number of ether oxygens (including phenoxy) is 1. The highest BCUT2D eigenvalue weighted by Gasteiger charge is 2.42. The Kier molecular flexibility index (Phi) is 6.26. The molecule has 188 valence electrons. The molecule has 36 heavy (non-hydrogen) atoms. The Hall–Kier alpha value is -3.36. The zero-order valence-electron chi connectivity index (χ0n) is 20.9. The van der Waals surface area contributed by atoms with Crippen LogP contribution in [-0.2, 0) is 23.2 Å². The average molecular weight is 508 g/mol. The lowest BCUT2D eigenvalue weighted by Crippen LogP contribution is -2.31. The van der Waals surface area contributed by atoms with Crippen molar-refractivity contribution in [3.05, 3.63) is 63.8 Å². The molecule has 0 saturated carbocycles. The van der Waals surface area contributed by atoms with Crippen molar-refractivity contribution in [3.8, 4) is 5.75 Å². The second-order valence-corrected chi connectivity index (χ2v) is 10.4. The number of methoxy groups -OCH3 is 1. The third-order valence-corrected chi connectivity index (χ3v) is 7.36. The van der Waals surface area contributed by atoms with Gasteiger partial charge < -0.3 is 25.0 Å². The number of hydrogen-bond acceptors (Lipinski definition) is 7. The first-order valence-electron chi connectivity index (χ1n) is 12.0. The number of anilines is 4. The Morgan fingerprint density at radius 3 is 2.83 bits per heavy atom. The van der Waals surface area contributed by atoms with Gasteiger partial charge in [-0.05, 0) is 55.3 Å². The van der Waals surface area contributed by atoms with E-state index in [1.807, 2.05) is 30.9 Å². The SMILES string of the molecule is COc1cc2c(cc1Nc1ncc(Cl)c(N3CC(C)(CC(=O)O)c4cc(C)ccc43)n1)CN(C)CC2. The van der Waals surface area contributed by atoms with Gasteiger partial charge in [-0.1, -0.05) is 36.2 Å². The van der Waals surface area contributed by atoms with Gasteiger partial charge in [0.05, 0.1) is 25.4 Å². The van der Waals surface area contributed by atoms with Crippen LogP contribution in [0.4, 0.5) is 23.1 Å². The van der Waals surface area contributed by atoms with Gasteiger partial charge in [0, 0.05) is 30.7 Å². The van der Waals surface area contributed by atoms with Crippen LogP contribution in [0.2, 0.25) is 5.02 Å². The van der Waals surface area contributed by atoms with E-state index >= 15 is 0 Å². The number of aliphatic carboxylic acids is 1. The number of rotatable bonds is 6. The summed E-state index contributed by atoms with van der Waals surface area (Å²) in [5.41, 5.74) is 5.70. The van der Waals surface area contributed by atoms with Gasteiger partial charge in [-0.15, -0.1) is 0 Å². The topological polar surface area (TPSA) is 90.8 Å². The van der Waals surface area contributed by atoms with E-state index < -0.39 is 11.4 Å². The van der Waals surface area contributed by atoms with E-state index in [1.54, 1.807) is 13.3 Å². The molecule has 0 radical (unpaired) electrons. The number of nitrogens with zero attached hydrogens (tertiary/aromatic N) is 4. The molecule has 1 atom stereocenters. The largest absolute Gasteiger partial charge is 0.495 e. The van der Waals surface area contributed by atoms with E-state index in [1.165, 1.54) is 11.1 Å². The maximum Gasteiger partial charge on any atom is 0.304 e. The maximum atomic E-state index is 11.7. The standard InChI is InChI=1S/C27H30ClN5O3/c1-16-5-6-22-19(9-16)27(2,12-24(34)35)15-33(22)25-20(28)13-29-26(31-25)30-21-10-18-14-32(3)8-7-17(18)11-23(21)36-4/h5-6,9-11,13H,7-8,12,14-15H2,1-4H3,(H,34,35)(H,29,30,31). The molecule has 2 aliphatic rings. The first-order valence-corrected chi connectivity index (χ1v) is 12.3. The van der Waals surface area contributed by atoms with Gasteiger partial charge in [-0.2, -0.15) is 4.98 Å². The Balaban J connectivity index is 1.51. The van der Waals surface area contributed by atoms with Crippen LogP contribution in [0.5, 0.6) is 5.75 Å². The summed E-state index contributed by atoms with van der Waals surface area (Å²) in [6, 6.07) is 10.3. The number of benzene rings is 2. The molecule has 0 aliphatic carbocycles. The van der Waals surface area contributed by atoms with Crippen LogP contribution < -0.4 is 15.0 Å². The van der Waals surface area contributed by atoms with E-state index in [0.717, 1.165) is 47.8 Å². The molecule has 0 spiro atoms. The van der Waals surface area contributed by atoms with E-state index in [4.69, 9.17) is 21.3 Å². The summed E-state index contributed by atoms with van der Waals surface area (Å²) in [7, 11) is 3.77. The molecular weight excluding hydrogens is 478 g/mol. The smallest absolute Gasteiger partial charge is 0.304 e. The number of nitrogens with one attached hydrogen (secondary N) is 1. The van der Waals surface area contributed by atoms with Crippen LogP contribution in [0, 0.1) is 6.92 Å². The lowest BCUT2D eigenvalue weighted by Gasteiger charge is -2.26. The summed E-state index contributed by atoms with van der Waals surface area (Å²) in [6.07, 6.45) is 2.56. The van der Waals surface area contributed by atoms with E-state index in [9.17, 15) is 9.90 Å². The van der Waals surface area contributed by atoms with Gasteiger partial charge >= 0.3 is 5.97 Å². The maximum absolute atomic E-state index is 11.7. The number of fused-ring (bicyclic) bond motifs is 2. The zero-order chi connectivity index (χ0) is 25.6. The summed E-state index contributed by atoms with van der Waals surface area (Å²) in [4.78, 5) is 25.2. The van der Waals surface area contributed by atoms with Crippen molar-refractivity contribution in [1.82, 2.24) is 14.9 Å². The van der Waals surface area contributed by atoms with Crippen molar-refractivity contribution >= 4 is 40.7 Å². The summed E-state index contributed by atoms with van der Waals surface area (Å²) >= 11 is 6.60. The first kappa shape index (κ1) is 24.3. The molecule has 9 heteroatoms. The van der Waals surface area contributed by atoms with Crippen molar-refractivity contribution in [2.75, 3.05) is 37.5 Å². The van der Waals surface area contributed by atoms with Gasteiger partial charge in [0.2, 0.25) is 5.95 Å². The van der Waals surface area contributed by atoms with Crippen LogP contribution in [0.3, 0.4) is 0 Å². The van der Waals surface area contributed by atoms with Crippen molar-refractivity contribution in [1.29, 1.82) is 0 Å². The minimum atomic E-state index is -0.840. The molecule has 0 saturated heterocycles. The van der Waals surface area contributed by atoms with Gasteiger partial charge in [0.1, 0.15) is 10.8 Å². The number of halogens is 1. The fraction of sp³-hybridized carbons (Fsp3) is 0.370. The molecule has 3 aromatic rings. The van der Waals surface area contributed by atoms with Crippen LogP contribution in [-0.4, -0.2) is 53.2 Å². The fourth-order valence-electron chi connectivity index (χ4n) is 5.28. The number of carbonyl (C=O) groups is 1. The number of aromatic nitrogens is 2. The Labute approximate surface area is 215 Å². The summed E-state index contributed by atoms with van der Waals surface area (Å²) in [5, 5.41) is 13.3. The molecule has 0 bridgehead atoms. The zero-order valence-corrected chi connectivity index (χ0v) is 21.7. The van der Waals surface area contributed by atoms with Gasteiger partial charge in [0.25, 0.3) is 0 Å². The highest BCUT2D eigenvalue weighted by molar-refractivity contribution is 6.33. The van der Waals surface area contributed by atoms with Crippen molar-refractivity contribution in [2.45, 2.75) is 38.6 Å². The third kappa shape index (κ3) is 4.47. The number of hydrogen-bond donors (Lipinski definition) is 2. The fourth-order valence-corrected chi connectivity index (χ4v) is 5.48. The summed E-state index contributed by atoms with van der Waals surface area (Å²) < 4.78 is 5.66. The molecule has 0 fully saturated rings. The van der Waals surface area contributed by atoms with Crippen LogP contribution in [0.15, 0.2) is 36.5 Å². The first-order chi connectivity index (χ1) is 17.2. The molecule has 1 unspecified atom stereocenters. The minimum Gasteiger partial charge on any atom is -0.495 e. The lowest BCUT2D eigenvalue weighted by atomic mass is 9.81. The monoisotopic (exact) mass is 507 g/mol. The molecule has 8 nitrogen and oxygen atoms in total. The van der Waals surface area contributed by atoms with Crippen LogP contribution in [0.1, 0.15) is 35.6 Å². The molecule has 1 aromatic heterocycles.